The first-order valence-electron chi connectivity index (χ1n) is 5.62. The Morgan fingerprint density at radius 1 is 1.42 bits per heavy atom. The molecule has 19 heavy (non-hydrogen) atoms. The number of aliphatic carboxylic acids is 1. The highest BCUT2D eigenvalue weighted by molar-refractivity contribution is 7.09. The number of thiazole rings is 1. The molecule has 0 amide bonds. The lowest BCUT2D eigenvalue weighted by molar-refractivity contribution is -0.142. The van der Waals surface area contributed by atoms with Crippen LogP contribution in [0, 0.1) is 0 Å². The topological polar surface area (TPSA) is 71.5 Å². The number of rotatable bonds is 5. The van der Waals surface area contributed by atoms with Crippen molar-refractivity contribution in [2.75, 3.05) is 12.4 Å². The smallest absolute Gasteiger partial charge is 0.336 e. The van der Waals surface area contributed by atoms with Gasteiger partial charge >= 0.3 is 5.97 Å². The van der Waals surface area contributed by atoms with Gasteiger partial charge < -0.3 is 15.2 Å². The molecule has 1 atom stereocenters. The molecule has 0 radical (unpaired) electrons. The van der Waals surface area contributed by atoms with Gasteiger partial charge in [0.15, 0.2) is 5.54 Å². The lowest BCUT2D eigenvalue weighted by Gasteiger charge is -2.25. The summed E-state index contributed by atoms with van der Waals surface area (Å²) in [6.45, 7) is 1.60. The van der Waals surface area contributed by atoms with Gasteiger partial charge in [-0.25, -0.2) is 9.78 Å². The van der Waals surface area contributed by atoms with Gasteiger partial charge in [-0.05, 0) is 31.2 Å². The molecule has 1 unspecified atom stereocenters. The standard InChI is InChI=1S/C13H14N2O3S/c1-13(12(16)17,11-14-7-8-19-11)15-9-3-5-10(18-2)6-4-9/h3-8,15H,1-2H3,(H,16,17). The van der Waals surface area contributed by atoms with Crippen LogP contribution in [0.2, 0.25) is 0 Å². The van der Waals surface area contributed by atoms with E-state index in [4.69, 9.17) is 4.74 Å². The number of carbonyl (C=O) groups is 1. The number of nitrogens with one attached hydrogen (secondary N) is 1. The first-order valence-corrected chi connectivity index (χ1v) is 6.50. The predicted octanol–water partition coefficient (Wildman–Crippen LogP) is 2.56. The number of methoxy groups -OCH3 is 1. The highest BCUT2D eigenvalue weighted by Gasteiger charge is 2.37. The highest BCUT2D eigenvalue weighted by atomic mass is 32.1. The molecule has 0 aliphatic rings. The van der Waals surface area contributed by atoms with Crippen molar-refractivity contribution in [1.82, 2.24) is 4.98 Å². The second-order valence-corrected chi connectivity index (χ2v) is 5.02. The van der Waals surface area contributed by atoms with Crippen LogP contribution in [-0.4, -0.2) is 23.2 Å². The summed E-state index contributed by atoms with van der Waals surface area (Å²) >= 11 is 1.31. The molecule has 2 N–H and O–H groups in total. The predicted molar refractivity (Wildman–Crippen MR) is 73.7 cm³/mol. The fraction of sp³-hybridized carbons (Fsp3) is 0.231. The van der Waals surface area contributed by atoms with Crippen LogP contribution >= 0.6 is 11.3 Å². The molecule has 0 fully saturated rings. The maximum atomic E-state index is 11.5. The fourth-order valence-corrected chi connectivity index (χ4v) is 2.38. The van der Waals surface area contributed by atoms with Gasteiger partial charge in [0.2, 0.25) is 0 Å². The van der Waals surface area contributed by atoms with E-state index in [1.54, 1.807) is 49.9 Å². The quantitative estimate of drug-likeness (QED) is 0.879. The van der Waals surface area contributed by atoms with E-state index in [1.165, 1.54) is 11.3 Å². The first-order chi connectivity index (χ1) is 9.06. The van der Waals surface area contributed by atoms with Crippen LogP contribution < -0.4 is 10.1 Å². The van der Waals surface area contributed by atoms with Crippen molar-refractivity contribution >= 4 is 23.0 Å². The van der Waals surface area contributed by atoms with E-state index in [0.717, 1.165) is 5.75 Å². The maximum Gasteiger partial charge on any atom is 0.336 e. The van der Waals surface area contributed by atoms with Crippen molar-refractivity contribution in [2.24, 2.45) is 0 Å². The molecule has 0 saturated carbocycles. The van der Waals surface area contributed by atoms with E-state index in [-0.39, 0.29) is 0 Å². The van der Waals surface area contributed by atoms with Crippen LogP contribution in [0.3, 0.4) is 0 Å². The lowest BCUT2D eigenvalue weighted by atomic mass is 10.0. The summed E-state index contributed by atoms with van der Waals surface area (Å²) < 4.78 is 5.06. The van der Waals surface area contributed by atoms with Crippen molar-refractivity contribution < 1.29 is 14.6 Å². The van der Waals surface area contributed by atoms with Gasteiger partial charge in [-0.2, -0.15) is 0 Å². The van der Waals surface area contributed by atoms with Crippen LogP contribution in [-0.2, 0) is 10.3 Å². The second kappa shape index (κ2) is 5.27. The van der Waals surface area contributed by atoms with Crippen LogP contribution in [0.25, 0.3) is 0 Å². The van der Waals surface area contributed by atoms with Gasteiger partial charge in [0.1, 0.15) is 10.8 Å². The molecule has 2 rings (SSSR count). The molecule has 0 aliphatic carbocycles. The van der Waals surface area contributed by atoms with Crippen molar-refractivity contribution in [1.29, 1.82) is 0 Å². The Bertz CT molecular complexity index is 554. The van der Waals surface area contributed by atoms with E-state index in [9.17, 15) is 9.90 Å². The number of anilines is 1. The minimum absolute atomic E-state index is 0.510. The Kier molecular flexibility index (Phi) is 3.71. The van der Waals surface area contributed by atoms with Gasteiger partial charge in [-0.3, -0.25) is 0 Å². The van der Waals surface area contributed by atoms with Crippen LogP contribution in [0.4, 0.5) is 5.69 Å². The summed E-state index contributed by atoms with van der Waals surface area (Å²) in [6, 6.07) is 7.08. The summed E-state index contributed by atoms with van der Waals surface area (Å²) in [7, 11) is 1.58. The molecule has 2 aromatic rings. The number of hydrogen-bond acceptors (Lipinski definition) is 5. The van der Waals surface area contributed by atoms with E-state index in [0.29, 0.717) is 10.7 Å². The lowest BCUT2D eigenvalue weighted by Crippen LogP contribution is -2.40. The number of hydrogen-bond donors (Lipinski definition) is 2. The zero-order chi connectivity index (χ0) is 13.9. The van der Waals surface area contributed by atoms with Crippen molar-refractivity contribution in [3.63, 3.8) is 0 Å². The molecule has 0 aliphatic heterocycles. The molecule has 6 heteroatoms. The molecule has 0 bridgehead atoms. The van der Waals surface area contributed by atoms with Gasteiger partial charge in [0.25, 0.3) is 0 Å². The van der Waals surface area contributed by atoms with Gasteiger partial charge in [-0.1, -0.05) is 0 Å². The molecule has 1 aromatic carbocycles. The molecule has 5 nitrogen and oxygen atoms in total. The first kappa shape index (κ1) is 13.4. The second-order valence-electron chi connectivity index (χ2n) is 4.12. The summed E-state index contributed by atoms with van der Waals surface area (Å²) in [5.41, 5.74) is -0.552. The van der Waals surface area contributed by atoms with E-state index < -0.39 is 11.5 Å². The molecule has 0 spiro atoms. The van der Waals surface area contributed by atoms with Crippen LogP contribution in [0.1, 0.15) is 11.9 Å². The Labute approximate surface area is 114 Å². The van der Waals surface area contributed by atoms with Crippen molar-refractivity contribution in [2.45, 2.75) is 12.5 Å². The highest BCUT2D eigenvalue weighted by Crippen LogP contribution is 2.28. The molecular formula is C13H14N2O3S. The maximum absolute atomic E-state index is 11.5. The Hall–Kier alpha value is -2.08. The molecule has 100 valence electrons. The monoisotopic (exact) mass is 278 g/mol. The number of benzene rings is 1. The average molecular weight is 278 g/mol. The van der Waals surface area contributed by atoms with Crippen LogP contribution in [0.5, 0.6) is 5.75 Å². The SMILES string of the molecule is COc1ccc(NC(C)(C(=O)O)c2nccs2)cc1. The summed E-state index contributed by atoms with van der Waals surface area (Å²) in [5, 5.41) is 14.7. The van der Waals surface area contributed by atoms with E-state index in [1.807, 2.05) is 0 Å². The number of carboxylic acids is 1. The number of nitrogens with zero attached hydrogens (tertiary/aromatic N) is 1. The number of ether oxygens (including phenoxy) is 1. The Morgan fingerprint density at radius 3 is 2.58 bits per heavy atom. The molecule has 1 aromatic heterocycles. The minimum atomic E-state index is -1.25. The van der Waals surface area contributed by atoms with Crippen molar-refractivity contribution in [3.05, 3.63) is 40.8 Å². The van der Waals surface area contributed by atoms with E-state index >= 15 is 0 Å². The third-order valence-corrected chi connectivity index (χ3v) is 3.77. The molecular weight excluding hydrogens is 264 g/mol. The summed E-state index contributed by atoms with van der Waals surface area (Å²) in [5.74, 6) is -0.255. The zero-order valence-corrected chi connectivity index (χ0v) is 11.4. The Balaban J connectivity index is 2.28. The Morgan fingerprint density at radius 2 is 2.11 bits per heavy atom. The van der Waals surface area contributed by atoms with Gasteiger partial charge in [0.05, 0.1) is 7.11 Å². The third kappa shape index (κ3) is 2.68. The summed E-state index contributed by atoms with van der Waals surface area (Å²) in [4.78, 5) is 15.6. The molecule has 0 saturated heterocycles. The van der Waals surface area contributed by atoms with E-state index in [2.05, 4.69) is 10.3 Å². The van der Waals surface area contributed by atoms with Gasteiger partial charge in [0, 0.05) is 17.3 Å². The fourth-order valence-electron chi connectivity index (χ4n) is 1.63. The summed E-state index contributed by atoms with van der Waals surface area (Å²) in [6.07, 6.45) is 1.59. The van der Waals surface area contributed by atoms with Crippen molar-refractivity contribution in [3.8, 4) is 5.75 Å². The number of carboxylic acid groups (broad SMARTS) is 1. The van der Waals surface area contributed by atoms with Gasteiger partial charge in [-0.15, -0.1) is 11.3 Å². The largest absolute Gasteiger partial charge is 0.497 e. The average Bonchev–Trinajstić information content (AvgIpc) is 2.93. The van der Waals surface area contributed by atoms with Crippen LogP contribution in [0.15, 0.2) is 35.8 Å². The normalized spacial score (nSPS) is 13.6. The number of aromatic nitrogens is 1. The third-order valence-electron chi connectivity index (χ3n) is 2.77. The zero-order valence-electron chi connectivity index (χ0n) is 10.6. The minimum Gasteiger partial charge on any atom is -0.497 e. The molecule has 1 heterocycles.